The van der Waals surface area contributed by atoms with E-state index in [2.05, 4.69) is 85.6 Å². The zero-order valence-electron chi connectivity index (χ0n) is 19.2. The number of aryl methyl sites for hydroxylation is 1. The number of carbonyl (C=O) groups is 1. The summed E-state index contributed by atoms with van der Waals surface area (Å²) in [4.78, 5) is 20.7. The number of rotatable bonds is 8. The predicted molar refractivity (Wildman–Crippen MR) is 130 cm³/mol. The molecule has 1 saturated heterocycles. The van der Waals surface area contributed by atoms with Crippen molar-refractivity contribution in [3.8, 4) is 0 Å². The number of benzene rings is 2. The normalized spacial score (nSPS) is 33.2. The number of hydrogen-bond donors (Lipinski definition) is 1. The third-order valence-corrected chi connectivity index (χ3v) is 8.09. The Hall–Kier alpha value is -2.46. The van der Waals surface area contributed by atoms with E-state index in [0.29, 0.717) is 23.8 Å². The fourth-order valence-electron chi connectivity index (χ4n) is 6.90. The average molecular weight is 430 g/mol. The van der Waals surface area contributed by atoms with Crippen molar-refractivity contribution in [1.29, 1.82) is 0 Å². The van der Waals surface area contributed by atoms with E-state index in [1.54, 1.807) is 0 Å². The van der Waals surface area contributed by atoms with E-state index in [-0.39, 0.29) is 17.9 Å². The highest BCUT2D eigenvalue weighted by Crippen LogP contribution is 2.57. The summed E-state index contributed by atoms with van der Waals surface area (Å²) < 4.78 is 0. The van der Waals surface area contributed by atoms with Crippen LogP contribution in [0.1, 0.15) is 37.8 Å². The van der Waals surface area contributed by atoms with Gasteiger partial charge in [0.05, 0.1) is 0 Å². The van der Waals surface area contributed by atoms with Gasteiger partial charge in [0.2, 0.25) is 5.91 Å². The molecule has 4 bridgehead atoms. The van der Waals surface area contributed by atoms with Crippen LogP contribution in [0.15, 0.2) is 65.7 Å². The maximum absolute atomic E-state index is 13.1. The topological polar surface area (TPSA) is 58.7 Å². The lowest BCUT2D eigenvalue weighted by Gasteiger charge is -2.50. The molecule has 1 saturated carbocycles. The molecule has 32 heavy (non-hydrogen) atoms. The summed E-state index contributed by atoms with van der Waals surface area (Å²) in [7, 11) is 0. The second-order valence-corrected chi connectivity index (χ2v) is 10.5. The lowest BCUT2D eigenvalue weighted by Crippen LogP contribution is -2.65. The van der Waals surface area contributed by atoms with Crippen LogP contribution in [0.4, 0.5) is 0 Å². The number of hydrogen-bond acceptors (Lipinski definition) is 3. The van der Waals surface area contributed by atoms with Crippen LogP contribution < -0.4 is 5.73 Å². The van der Waals surface area contributed by atoms with Gasteiger partial charge in [-0.2, -0.15) is 0 Å². The molecule has 4 aliphatic rings. The van der Waals surface area contributed by atoms with E-state index >= 15 is 0 Å². The minimum Gasteiger partial charge on any atom is -0.367 e. The van der Waals surface area contributed by atoms with E-state index in [0.717, 1.165) is 32.2 Å². The van der Waals surface area contributed by atoms with Crippen molar-refractivity contribution >= 4 is 12.1 Å². The van der Waals surface area contributed by atoms with Gasteiger partial charge < -0.3 is 5.73 Å². The van der Waals surface area contributed by atoms with Crippen molar-refractivity contribution in [2.45, 2.75) is 57.2 Å². The number of amides is 1. The van der Waals surface area contributed by atoms with Gasteiger partial charge >= 0.3 is 0 Å². The van der Waals surface area contributed by atoms with Crippen LogP contribution in [0, 0.1) is 23.7 Å². The van der Waals surface area contributed by atoms with Crippen molar-refractivity contribution in [2.75, 3.05) is 6.54 Å². The molecule has 0 radical (unpaired) electrons. The Kier molecular flexibility index (Phi) is 5.66. The van der Waals surface area contributed by atoms with Crippen LogP contribution in [0.25, 0.3) is 0 Å². The first-order chi connectivity index (χ1) is 15.5. The molecule has 2 aromatic rings. The maximum atomic E-state index is 13.1. The molecule has 1 aliphatic carbocycles. The van der Waals surface area contributed by atoms with Crippen molar-refractivity contribution in [2.24, 2.45) is 34.4 Å². The van der Waals surface area contributed by atoms with Gasteiger partial charge in [0, 0.05) is 30.8 Å². The number of likely N-dealkylation sites (tertiary alicyclic amines) is 1. The van der Waals surface area contributed by atoms with Gasteiger partial charge in [0.25, 0.3) is 0 Å². The summed E-state index contributed by atoms with van der Waals surface area (Å²) >= 11 is 0. The molecule has 6 unspecified atom stereocenters. The number of carbonyl (C=O) groups excluding carboxylic acids is 1. The summed E-state index contributed by atoms with van der Waals surface area (Å²) in [5.74, 6) is 1.35. The van der Waals surface area contributed by atoms with Crippen molar-refractivity contribution in [3.05, 3.63) is 71.8 Å². The fourth-order valence-corrected chi connectivity index (χ4v) is 6.90. The highest BCUT2D eigenvalue weighted by Gasteiger charge is 2.69. The van der Waals surface area contributed by atoms with Gasteiger partial charge in [-0.3, -0.25) is 14.7 Å². The molecule has 3 aliphatic heterocycles. The summed E-state index contributed by atoms with van der Waals surface area (Å²) in [6, 6.07) is 21.8. The van der Waals surface area contributed by atoms with E-state index < -0.39 is 5.54 Å². The van der Waals surface area contributed by atoms with Crippen LogP contribution in [0.3, 0.4) is 0 Å². The van der Waals surface area contributed by atoms with Crippen LogP contribution in [-0.4, -0.2) is 41.2 Å². The number of primary amides is 1. The fraction of sp³-hybridized carbons (Fsp3) is 0.500. The van der Waals surface area contributed by atoms with Gasteiger partial charge in [0.1, 0.15) is 0 Å². The molecular formula is C28H35N3O. The van der Waals surface area contributed by atoms with Crippen molar-refractivity contribution in [3.63, 3.8) is 0 Å². The first-order valence-electron chi connectivity index (χ1n) is 12.2. The molecular weight excluding hydrogens is 394 g/mol. The van der Waals surface area contributed by atoms with Gasteiger partial charge in [-0.15, -0.1) is 0 Å². The second-order valence-electron chi connectivity index (χ2n) is 10.5. The third kappa shape index (κ3) is 3.49. The smallest absolute Gasteiger partial charge is 0.247 e. The van der Waals surface area contributed by atoms with Crippen LogP contribution >= 0.6 is 0 Å². The van der Waals surface area contributed by atoms with Gasteiger partial charge in [-0.1, -0.05) is 74.5 Å². The van der Waals surface area contributed by atoms with Gasteiger partial charge in [0.15, 0.2) is 5.54 Å². The molecule has 2 aromatic carbocycles. The average Bonchev–Trinajstić information content (AvgIpc) is 3.00. The third-order valence-electron chi connectivity index (χ3n) is 8.09. The number of nitrogens with zero attached hydrogens (tertiary/aromatic N) is 2. The molecule has 3 heterocycles. The molecule has 6 rings (SSSR count). The summed E-state index contributed by atoms with van der Waals surface area (Å²) in [6.07, 6.45) is 6.17. The van der Waals surface area contributed by atoms with Crippen molar-refractivity contribution < 1.29 is 4.79 Å². The Bertz CT molecular complexity index is 973. The van der Waals surface area contributed by atoms with Gasteiger partial charge in [-0.05, 0) is 54.6 Å². The SMILES string of the molecule is CC(C)CN1C(Cc2ccccc2)C2CC3C=NC2(C(N)=O)C1C3CCc1ccccc1. The molecule has 0 spiro atoms. The first kappa shape index (κ1) is 21.4. The summed E-state index contributed by atoms with van der Waals surface area (Å²) in [5, 5.41) is 0. The second kappa shape index (κ2) is 8.47. The Morgan fingerprint density at radius 2 is 1.75 bits per heavy atom. The summed E-state index contributed by atoms with van der Waals surface area (Å²) in [5.41, 5.74) is 8.12. The zero-order valence-corrected chi connectivity index (χ0v) is 19.2. The Labute approximate surface area is 191 Å². The van der Waals surface area contributed by atoms with Crippen LogP contribution in [0.2, 0.25) is 0 Å². The Balaban J connectivity index is 1.51. The molecule has 4 nitrogen and oxygen atoms in total. The lowest BCUT2D eigenvalue weighted by molar-refractivity contribution is -0.128. The molecule has 6 atom stereocenters. The highest BCUT2D eigenvalue weighted by molar-refractivity contribution is 5.91. The zero-order chi connectivity index (χ0) is 22.3. The molecule has 4 heteroatoms. The van der Waals surface area contributed by atoms with E-state index in [1.165, 1.54) is 11.1 Å². The Morgan fingerprint density at radius 3 is 2.38 bits per heavy atom. The molecule has 2 N–H and O–H groups in total. The Morgan fingerprint density at radius 1 is 1.09 bits per heavy atom. The standard InChI is InChI=1S/C28H35N3O/c1-19(2)18-31-25(15-21-11-7-4-8-12-21)24-16-22-17-30-28(24,27(29)32)26(31)23(22)14-13-20-9-5-3-6-10-20/h3-12,17,19,22-26H,13-16,18H2,1-2H3,(H2,29,32). The minimum absolute atomic E-state index is 0.105. The van der Waals surface area contributed by atoms with E-state index in [1.807, 2.05) is 0 Å². The molecule has 1 amide bonds. The number of aliphatic imine (C=N–C) groups is 1. The van der Waals surface area contributed by atoms with Crippen LogP contribution in [0.5, 0.6) is 0 Å². The molecule has 2 fully saturated rings. The quantitative estimate of drug-likeness (QED) is 0.686. The van der Waals surface area contributed by atoms with Gasteiger partial charge in [-0.25, -0.2) is 0 Å². The first-order valence-corrected chi connectivity index (χ1v) is 12.2. The van der Waals surface area contributed by atoms with Crippen LogP contribution in [-0.2, 0) is 17.6 Å². The number of nitrogens with two attached hydrogens (primary N) is 1. The predicted octanol–water partition coefficient (Wildman–Crippen LogP) is 4.13. The largest absolute Gasteiger partial charge is 0.367 e. The monoisotopic (exact) mass is 429 g/mol. The molecule has 168 valence electrons. The minimum atomic E-state index is -0.773. The molecule has 0 aromatic heterocycles. The highest BCUT2D eigenvalue weighted by atomic mass is 16.1. The van der Waals surface area contributed by atoms with E-state index in [9.17, 15) is 4.79 Å². The van der Waals surface area contributed by atoms with Crippen molar-refractivity contribution in [1.82, 2.24) is 4.90 Å². The van der Waals surface area contributed by atoms with E-state index in [4.69, 9.17) is 10.7 Å². The summed E-state index contributed by atoms with van der Waals surface area (Å²) in [6.45, 7) is 5.54. The maximum Gasteiger partial charge on any atom is 0.247 e. The lowest BCUT2D eigenvalue weighted by atomic mass is 9.59.